The first-order valence-electron chi connectivity index (χ1n) is 18.0. The minimum Gasteiger partial charge on any atom is -0.430 e. The van der Waals surface area contributed by atoms with Gasteiger partial charge in [-0.2, -0.15) is 0 Å². The van der Waals surface area contributed by atoms with Crippen LogP contribution in [0.2, 0.25) is 0 Å². The van der Waals surface area contributed by atoms with Gasteiger partial charge in [0, 0.05) is 0 Å². The van der Waals surface area contributed by atoms with Crippen LogP contribution in [-0.4, -0.2) is 5.97 Å². The van der Waals surface area contributed by atoms with Gasteiger partial charge in [-0.25, -0.2) is 0 Å². The number of ether oxygens (including phenoxy) is 1. The molecule has 0 spiro atoms. The molecule has 1 rings (SSSR count). The number of hydrogen-bond donors (Lipinski definition) is 0. The molecule has 1 saturated heterocycles. The summed E-state index contributed by atoms with van der Waals surface area (Å²) in [5, 5.41) is 0. The van der Waals surface area contributed by atoms with Crippen molar-refractivity contribution in [1.82, 2.24) is 0 Å². The van der Waals surface area contributed by atoms with Gasteiger partial charge in [0.25, 0.3) is 0 Å². The summed E-state index contributed by atoms with van der Waals surface area (Å²) in [7, 11) is 0. The van der Waals surface area contributed by atoms with Gasteiger partial charge in [-0.1, -0.05) is 147 Å². The van der Waals surface area contributed by atoms with Gasteiger partial charge in [0.2, 0.25) is 0 Å². The molecule has 40 heavy (non-hydrogen) atoms. The molecular formula is C38H68O2. The van der Waals surface area contributed by atoms with E-state index in [1.807, 2.05) is 0 Å². The zero-order valence-electron chi connectivity index (χ0n) is 27.1. The molecule has 0 bridgehead atoms. The number of rotatable bonds is 30. The number of hydrogen-bond acceptors (Lipinski definition) is 2. The van der Waals surface area contributed by atoms with E-state index in [-0.39, 0.29) is 11.9 Å². The summed E-state index contributed by atoms with van der Waals surface area (Å²) in [5.74, 6) is 1.01. The number of esters is 1. The Balaban J connectivity index is 1.90. The molecule has 0 aromatic rings. The van der Waals surface area contributed by atoms with Gasteiger partial charge in [0.1, 0.15) is 11.7 Å². The smallest absolute Gasteiger partial charge is 0.321 e. The fourth-order valence-electron chi connectivity index (χ4n) is 5.64. The summed E-state index contributed by atoms with van der Waals surface area (Å²) in [6.07, 6.45) is 48.3. The largest absolute Gasteiger partial charge is 0.430 e. The summed E-state index contributed by atoms with van der Waals surface area (Å²) in [4.78, 5) is 11.9. The molecular weight excluding hydrogens is 488 g/mol. The highest BCUT2D eigenvalue weighted by Crippen LogP contribution is 2.32. The van der Waals surface area contributed by atoms with E-state index in [1.54, 1.807) is 0 Å². The first kappa shape index (κ1) is 36.7. The van der Waals surface area contributed by atoms with E-state index < -0.39 is 0 Å². The Hall–Kier alpha value is -1.31. The van der Waals surface area contributed by atoms with E-state index in [0.29, 0.717) is 0 Å². The van der Waals surface area contributed by atoms with Crippen LogP contribution in [0.1, 0.15) is 194 Å². The zero-order chi connectivity index (χ0) is 28.8. The lowest BCUT2D eigenvalue weighted by atomic mass is 9.93. The molecule has 1 aliphatic rings. The molecule has 0 saturated carbocycles. The van der Waals surface area contributed by atoms with Gasteiger partial charge < -0.3 is 4.74 Å². The van der Waals surface area contributed by atoms with E-state index in [0.717, 1.165) is 25.0 Å². The molecule has 1 fully saturated rings. The molecule has 0 aromatic heterocycles. The van der Waals surface area contributed by atoms with Gasteiger partial charge in [-0.05, 0) is 76.7 Å². The summed E-state index contributed by atoms with van der Waals surface area (Å²) in [5.41, 5.74) is 0. The van der Waals surface area contributed by atoms with E-state index >= 15 is 0 Å². The van der Waals surface area contributed by atoms with Crippen LogP contribution < -0.4 is 0 Å². The number of cyclic esters (lactones) is 1. The molecule has 232 valence electrons. The third kappa shape index (κ3) is 22.4. The molecule has 0 amide bonds. The molecule has 1 atom stereocenters. The third-order valence-corrected chi connectivity index (χ3v) is 8.41. The Morgan fingerprint density at radius 3 is 1.25 bits per heavy atom. The lowest BCUT2D eigenvalue weighted by Gasteiger charge is -2.28. The number of carbonyl (C=O) groups excluding carboxylic acids is 1. The minimum absolute atomic E-state index is 0.00172. The molecule has 0 N–H and O–H groups in total. The quantitative estimate of drug-likeness (QED) is 0.0499. The van der Waals surface area contributed by atoms with Crippen LogP contribution in [0.4, 0.5) is 0 Å². The SMILES string of the molecule is CCCCCCCCCC/C=C/CCCCC/C=C1/OC(=O)C1CCCCC/C=C/CCCCCCCCCC. The first-order valence-corrected chi connectivity index (χ1v) is 18.0. The van der Waals surface area contributed by atoms with Crippen LogP contribution in [-0.2, 0) is 9.53 Å². The minimum atomic E-state index is -0.00172. The van der Waals surface area contributed by atoms with Gasteiger partial charge in [0.05, 0.1) is 0 Å². The molecule has 2 heteroatoms. The normalized spacial score (nSPS) is 16.4. The number of unbranched alkanes of at least 4 members (excludes halogenated alkanes) is 23. The summed E-state index contributed by atoms with van der Waals surface area (Å²) in [6, 6.07) is 0. The lowest BCUT2D eigenvalue weighted by Crippen LogP contribution is -2.32. The fraction of sp³-hybridized carbons (Fsp3) is 0.816. The topological polar surface area (TPSA) is 26.3 Å². The van der Waals surface area contributed by atoms with Crippen molar-refractivity contribution >= 4 is 5.97 Å². The Labute approximate surface area is 250 Å². The first-order chi connectivity index (χ1) is 19.8. The molecule has 0 aliphatic carbocycles. The van der Waals surface area contributed by atoms with Crippen LogP contribution in [0.3, 0.4) is 0 Å². The van der Waals surface area contributed by atoms with Crippen molar-refractivity contribution in [1.29, 1.82) is 0 Å². The third-order valence-electron chi connectivity index (χ3n) is 8.41. The predicted octanol–water partition coefficient (Wildman–Crippen LogP) is 13.1. The fourth-order valence-corrected chi connectivity index (χ4v) is 5.64. The van der Waals surface area contributed by atoms with E-state index in [9.17, 15) is 4.79 Å². The second-order valence-corrected chi connectivity index (χ2v) is 12.3. The Morgan fingerprint density at radius 2 is 0.825 bits per heavy atom. The lowest BCUT2D eigenvalue weighted by molar-refractivity contribution is -0.157. The molecule has 2 nitrogen and oxygen atoms in total. The summed E-state index contributed by atoms with van der Waals surface area (Å²) < 4.78 is 5.35. The van der Waals surface area contributed by atoms with Crippen LogP contribution >= 0.6 is 0 Å². The number of carbonyl (C=O) groups is 1. The average molecular weight is 557 g/mol. The predicted molar refractivity (Wildman–Crippen MR) is 177 cm³/mol. The van der Waals surface area contributed by atoms with Crippen LogP contribution in [0.5, 0.6) is 0 Å². The van der Waals surface area contributed by atoms with Crippen LogP contribution in [0.25, 0.3) is 0 Å². The zero-order valence-corrected chi connectivity index (χ0v) is 27.1. The maximum atomic E-state index is 11.9. The van der Waals surface area contributed by atoms with Crippen molar-refractivity contribution < 1.29 is 9.53 Å². The van der Waals surface area contributed by atoms with Crippen LogP contribution in [0.15, 0.2) is 36.1 Å². The molecule has 0 radical (unpaired) electrons. The van der Waals surface area contributed by atoms with Crippen LogP contribution in [0, 0.1) is 5.92 Å². The highest BCUT2D eigenvalue weighted by atomic mass is 16.6. The molecule has 1 unspecified atom stereocenters. The summed E-state index contributed by atoms with van der Waals surface area (Å²) in [6.45, 7) is 4.57. The average Bonchev–Trinajstić information content (AvgIpc) is 2.96. The maximum Gasteiger partial charge on any atom is 0.321 e. The highest BCUT2D eigenvalue weighted by molar-refractivity contribution is 5.82. The van der Waals surface area contributed by atoms with Gasteiger partial charge in [-0.15, -0.1) is 0 Å². The second kappa shape index (κ2) is 29.2. The molecule has 0 aromatic carbocycles. The van der Waals surface area contributed by atoms with E-state index in [4.69, 9.17) is 4.74 Å². The second-order valence-electron chi connectivity index (χ2n) is 12.3. The standard InChI is InChI=1S/C38H68O2/c1-3-5-7-9-11-13-15-17-19-21-23-25-27-29-31-33-35-37-36(38(39)40-37)34-32-30-28-26-24-22-20-18-16-14-12-10-8-6-4-2/h21-24,35-36H,3-20,25-34H2,1-2H3/b23-21+,24-22+,37-35+. The maximum absolute atomic E-state index is 11.9. The van der Waals surface area contributed by atoms with E-state index in [1.165, 1.54) is 161 Å². The Morgan fingerprint density at radius 1 is 0.475 bits per heavy atom. The van der Waals surface area contributed by atoms with E-state index in [2.05, 4.69) is 44.2 Å². The van der Waals surface area contributed by atoms with Crippen molar-refractivity contribution in [2.45, 2.75) is 194 Å². The number of allylic oxidation sites excluding steroid dienone is 5. The van der Waals surface area contributed by atoms with Crippen molar-refractivity contribution in [3.8, 4) is 0 Å². The van der Waals surface area contributed by atoms with Gasteiger partial charge in [0.15, 0.2) is 0 Å². The highest BCUT2D eigenvalue weighted by Gasteiger charge is 2.36. The van der Waals surface area contributed by atoms with Gasteiger partial charge in [-0.3, -0.25) is 4.79 Å². The van der Waals surface area contributed by atoms with Crippen molar-refractivity contribution in [2.24, 2.45) is 5.92 Å². The van der Waals surface area contributed by atoms with Crippen molar-refractivity contribution in [3.05, 3.63) is 36.1 Å². The monoisotopic (exact) mass is 557 g/mol. The van der Waals surface area contributed by atoms with Crippen molar-refractivity contribution in [3.63, 3.8) is 0 Å². The van der Waals surface area contributed by atoms with Crippen molar-refractivity contribution in [2.75, 3.05) is 0 Å². The Bertz CT molecular complexity index is 644. The summed E-state index contributed by atoms with van der Waals surface area (Å²) >= 11 is 0. The Kier molecular flexibility index (Phi) is 26.8. The van der Waals surface area contributed by atoms with Gasteiger partial charge >= 0.3 is 5.97 Å². The molecule has 1 aliphatic heterocycles. The molecule has 1 heterocycles.